The molecule has 0 amide bonds. The molecule has 4 atom stereocenters. The third-order valence-corrected chi connectivity index (χ3v) is 4.56. The number of aliphatic hydroxyl groups is 3. The first kappa shape index (κ1) is 21.6. The van der Waals surface area contributed by atoms with Crippen molar-refractivity contribution in [2.45, 2.75) is 64.1 Å². The molecule has 0 aliphatic heterocycles. The second-order valence-corrected chi connectivity index (χ2v) is 6.55. The average molecular weight is 351 g/mol. The first-order chi connectivity index (χ1) is 12.1. The third kappa shape index (κ3) is 7.99. The molecule has 5 nitrogen and oxygen atoms in total. The molecule has 0 heterocycles. The molecule has 1 aliphatic carbocycles. The fourth-order valence-electron chi connectivity index (χ4n) is 3.13. The molecule has 5 heteroatoms. The van der Waals surface area contributed by atoms with Crippen LogP contribution in [-0.4, -0.2) is 45.1 Å². The van der Waals surface area contributed by atoms with Crippen LogP contribution < -0.4 is 0 Å². The Hall–Kier alpha value is -1.43. The predicted octanol–water partition coefficient (Wildman–Crippen LogP) is 3.20. The first-order valence-corrected chi connectivity index (χ1v) is 9.30. The maximum absolute atomic E-state index is 10.3. The molecule has 1 rings (SSSR count). The van der Waals surface area contributed by atoms with Gasteiger partial charge in [0.15, 0.2) is 0 Å². The van der Waals surface area contributed by atoms with E-state index in [1.54, 1.807) is 6.08 Å². The van der Waals surface area contributed by atoms with Gasteiger partial charge in [-0.25, -0.2) is 0 Å². The zero-order valence-electron chi connectivity index (χ0n) is 15.2. The molecular weight excluding hydrogens is 318 g/mol. The van der Waals surface area contributed by atoms with Crippen molar-refractivity contribution in [3.05, 3.63) is 36.5 Å². The van der Waals surface area contributed by atoms with Crippen LogP contribution in [0.15, 0.2) is 41.6 Å². The van der Waals surface area contributed by atoms with Gasteiger partial charge in [0, 0.05) is 24.9 Å². The van der Waals surface area contributed by atoms with Gasteiger partial charge < -0.3 is 20.5 Å². The van der Waals surface area contributed by atoms with Gasteiger partial charge in [-0.2, -0.15) is 0 Å². The van der Waals surface area contributed by atoms with Crippen LogP contribution in [0.2, 0.25) is 0 Å². The molecule has 1 fully saturated rings. The number of nitrogens with zero attached hydrogens (tertiary/aromatic N) is 1. The summed E-state index contributed by atoms with van der Waals surface area (Å²) in [6.45, 7) is 2.26. The van der Waals surface area contributed by atoms with Crippen LogP contribution in [0.1, 0.15) is 51.9 Å². The Morgan fingerprint density at radius 2 is 2.00 bits per heavy atom. The molecule has 0 spiro atoms. The molecule has 0 aromatic heterocycles. The van der Waals surface area contributed by atoms with Crippen LogP contribution in [0.4, 0.5) is 0 Å². The molecule has 0 saturated heterocycles. The van der Waals surface area contributed by atoms with E-state index in [0.717, 1.165) is 25.7 Å². The van der Waals surface area contributed by atoms with Crippen LogP contribution in [0, 0.1) is 11.8 Å². The average Bonchev–Trinajstić information content (AvgIpc) is 2.91. The van der Waals surface area contributed by atoms with Crippen molar-refractivity contribution in [2.75, 3.05) is 6.61 Å². The summed E-state index contributed by atoms with van der Waals surface area (Å²) in [5.41, 5.74) is 0.568. The minimum atomic E-state index is -0.574. The molecule has 4 N–H and O–H groups in total. The minimum absolute atomic E-state index is 0.0466. The maximum Gasteiger partial charge on any atom is 0.0755 e. The lowest BCUT2D eigenvalue weighted by Crippen LogP contribution is -2.19. The number of oxime groups is 1. The number of unbranched alkanes of at least 4 members (excludes halogenated alkanes) is 2. The zero-order chi connectivity index (χ0) is 18.5. The summed E-state index contributed by atoms with van der Waals surface area (Å²) in [6.07, 6.45) is 15.8. The number of hydrogen-bond donors (Lipinski definition) is 4. The van der Waals surface area contributed by atoms with Crippen molar-refractivity contribution in [3.63, 3.8) is 0 Å². The van der Waals surface area contributed by atoms with Gasteiger partial charge in [0.1, 0.15) is 0 Å². The second-order valence-electron chi connectivity index (χ2n) is 6.55. The highest BCUT2D eigenvalue weighted by atomic mass is 16.4. The van der Waals surface area contributed by atoms with E-state index >= 15 is 0 Å². The summed E-state index contributed by atoms with van der Waals surface area (Å²) in [5, 5.41) is 41.6. The van der Waals surface area contributed by atoms with Gasteiger partial charge in [0.25, 0.3) is 0 Å². The van der Waals surface area contributed by atoms with Crippen molar-refractivity contribution in [2.24, 2.45) is 17.0 Å². The molecule has 0 aromatic rings. The second kappa shape index (κ2) is 12.9. The fourth-order valence-corrected chi connectivity index (χ4v) is 3.13. The van der Waals surface area contributed by atoms with Crippen molar-refractivity contribution < 1.29 is 20.5 Å². The fraction of sp³-hybridized carbons (Fsp3) is 0.650. The van der Waals surface area contributed by atoms with Gasteiger partial charge in [0.05, 0.1) is 17.9 Å². The summed E-state index contributed by atoms with van der Waals surface area (Å²) in [7, 11) is 0. The number of rotatable bonds is 11. The van der Waals surface area contributed by atoms with Crippen LogP contribution in [0.5, 0.6) is 0 Å². The lowest BCUT2D eigenvalue weighted by molar-refractivity contribution is 0.125. The van der Waals surface area contributed by atoms with Gasteiger partial charge in [-0.1, -0.05) is 48.5 Å². The normalized spacial score (nSPS) is 27.4. The van der Waals surface area contributed by atoms with E-state index in [2.05, 4.69) is 11.2 Å². The van der Waals surface area contributed by atoms with Gasteiger partial charge in [-0.15, -0.1) is 0 Å². The van der Waals surface area contributed by atoms with Crippen LogP contribution in [0.3, 0.4) is 0 Å². The minimum Gasteiger partial charge on any atom is -0.411 e. The molecular formula is C20H33NO4. The highest BCUT2D eigenvalue weighted by Gasteiger charge is 2.38. The molecule has 0 bridgehead atoms. The van der Waals surface area contributed by atoms with E-state index in [9.17, 15) is 15.4 Å². The molecule has 142 valence electrons. The van der Waals surface area contributed by atoms with Gasteiger partial charge in [-0.3, -0.25) is 0 Å². The molecule has 0 aromatic carbocycles. The highest BCUT2D eigenvalue weighted by molar-refractivity contribution is 5.90. The van der Waals surface area contributed by atoms with Gasteiger partial charge in [-0.05, 0) is 38.5 Å². The van der Waals surface area contributed by atoms with Crippen molar-refractivity contribution in [1.82, 2.24) is 0 Å². The van der Waals surface area contributed by atoms with E-state index in [-0.39, 0.29) is 18.4 Å². The molecule has 1 aliphatic rings. The van der Waals surface area contributed by atoms with E-state index in [1.165, 1.54) is 0 Å². The number of aliphatic hydroxyl groups excluding tert-OH is 3. The Morgan fingerprint density at radius 1 is 1.20 bits per heavy atom. The largest absolute Gasteiger partial charge is 0.411 e. The summed E-state index contributed by atoms with van der Waals surface area (Å²) in [4.78, 5) is 0. The Kier molecular flexibility index (Phi) is 11.1. The lowest BCUT2D eigenvalue weighted by Gasteiger charge is -2.17. The van der Waals surface area contributed by atoms with Crippen LogP contribution >= 0.6 is 0 Å². The molecule has 0 radical (unpaired) electrons. The van der Waals surface area contributed by atoms with Crippen molar-refractivity contribution in [3.8, 4) is 0 Å². The number of hydrogen-bond acceptors (Lipinski definition) is 5. The van der Waals surface area contributed by atoms with Crippen molar-refractivity contribution in [1.29, 1.82) is 0 Å². The van der Waals surface area contributed by atoms with Gasteiger partial charge >= 0.3 is 0 Å². The van der Waals surface area contributed by atoms with E-state index in [0.29, 0.717) is 25.0 Å². The third-order valence-electron chi connectivity index (χ3n) is 4.56. The maximum atomic E-state index is 10.3. The summed E-state index contributed by atoms with van der Waals surface area (Å²) in [5.74, 6) is -0.207. The Morgan fingerprint density at radius 3 is 2.68 bits per heavy atom. The number of allylic oxidation sites excluding steroid dienone is 4. The summed E-state index contributed by atoms with van der Waals surface area (Å²) >= 11 is 0. The standard InChI is InChI=1S/C20H33NO4/c1-2-3-7-10-16(23)12-13-17-18(20(24)15-19(17)21-25)11-8-5-4-6-9-14-22/h3,5,7-8,12-13,16-18,20,22-25H,2,4,6,9-11,14-15H2,1H3/b7-3+,8-5-,13-12+,21-19-/t16?,17-,18-,20+/m1/s1. The predicted molar refractivity (Wildman–Crippen MR) is 101 cm³/mol. The topological polar surface area (TPSA) is 93.3 Å². The van der Waals surface area contributed by atoms with Crippen LogP contribution in [-0.2, 0) is 0 Å². The lowest BCUT2D eigenvalue weighted by atomic mass is 9.90. The first-order valence-electron chi connectivity index (χ1n) is 9.30. The monoisotopic (exact) mass is 351 g/mol. The Balaban J connectivity index is 2.62. The van der Waals surface area contributed by atoms with E-state index < -0.39 is 12.2 Å². The SMILES string of the molecule is CC/C=C/CC(O)/C=C/[C@H]1/C(=N\O)C[C@H](O)[C@@H]1C/C=C\CCCCO. The summed E-state index contributed by atoms with van der Waals surface area (Å²) < 4.78 is 0. The molecule has 1 saturated carbocycles. The van der Waals surface area contributed by atoms with Crippen molar-refractivity contribution >= 4 is 5.71 Å². The van der Waals surface area contributed by atoms with E-state index in [4.69, 9.17) is 5.11 Å². The highest BCUT2D eigenvalue weighted by Crippen LogP contribution is 2.34. The van der Waals surface area contributed by atoms with Crippen LogP contribution in [0.25, 0.3) is 0 Å². The quantitative estimate of drug-likeness (QED) is 0.199. The molecule has 1 unspecified atom stereocenters. The summed E-state index contributed by atoms with van der Waals surface area (Å²) in [6, 6.07) is 0. The molecule has 25 heavy (non-hydrogen) atoms. The Bertz CT molecular complexity index is 470. The Labute approximate surface area is 151 Å². The smallest absolute Gasteiger partial charge is 0.0755 e. The van der Waals surface area contributed by atoms with E-state index in [1.807, 2.05) is 31.2 Å². The van der Waals surface area contributed by atoms with Gasteiger partial charge in [0.2, 0.25) is 0 Å². The zero-order valence-corrected chi connectivity index (χ0v) is 15.2.